The summed E-state index contributed by atoms with van der Waals surface area (Å²) in [5, 5.41) is 14.3. The van der Waals surface area contributed by atoms with E-state index in [0.717, 1.165) is 4.90 Å². The number of hydrazone groups is 1. The summed E-state index contributed by atoms with van der Waals surface area (Å²) >= 11 is 7.32. The first-order valence-electron chi connectivity index (χ1n) is 6.78. The van der Waals surface area contributed by atoms with Gasteiger partial charge in [0.05, 0.1) is 5.71 Å². The molecule has 0 bridgehead atoms. The largest absolute Gasteiger partial charge is 0.507 e. The van der Waals surface area contributed by atoms with Gasteiger partial charge in [-0.3, -0.25) is 9.52 Å². The van der Waals surface area contributed by atoms with E-state index in [1.54, 1.807) is 37.3 Å². The van der Waals surface area contributed by atoms with Gasteiger partial charge in [-0.1, -0.05) is 17.7 Å². The van der Waals surface area contributed by atoms with Crippen LogP contribution in [0.15, 0.2) is 52.5 Å². The molecule has 0 aliphatic rings. The zero-order valence-corrected chi connectivity index (χ0v) is 14.2. The third-order valence-electron chi connectivity index (χ3n) is 2.99. The number of nitrogens with zero attached hydrogens (tertiary/aromatic N) is 1. The minimum atomic E-state index is -0.329. The van der Waals surface area contributed by atoms with E-state index >= 15 is 0 Å². The van der Waals surface area contributed by atoms with E-state index < -0.39 is 0 Å². The molecule has 2 aromatic rings. The molecule has 1 amide bonds. The Labute approximate surface area is 143 Å². The van der Waals surface area contributed by atoms with Crippen molar-refractivity contribution in [3.63, 3.8) is 0 Å². The summed E-state index contributed by atoms with van der Waals surface area (Å²) in [5.74, 6) is -0.276. The highest BCUT2D eigenvalue weighted by atomic mass is 35.5. The van der Waals surface area contributed by atoms with Gasteiger partial charge in [-0.2, -0.15) is 5.10 Å². The van der Waals surface area contributed by atoms with Crippen molar-refractivity contribution in [1.82, 2.24) is 10.1 Å². The number of benzene rings is 2. The number of nitrogens with one attached hydrogen (secondary N) is 2. The normalized spacial score (nSPS) is 11.3. The van der Waals surface area contributed by atoms with Gasteiger partial charge in [0.15, 0.2) is 0 Å². The van der Waals surface area contributed by atoms with E-state index in [0.29, 0.717) is 21.9 Å². The molecule has 0 unspecified atom stereocenters. The predicted octanol–water partition coefficient (Wildman–Crippen LogP) is 3.43. The molecule has 0 aliphatic carbocycles. The summed E-state index contributed by atoms with van der Waals surface area (Å²) < 4.78 is 2.95. The quantitative estimate of drug-likeness (QED) is 0.439. The van der Waals surface area contributed by atoms with Crippen LogP contribution in [0, 0.1) is 0 Å². The molecule has 0 radical (unpaired) electrons. The van der Waals surface area contributed by atoms with E-state index in [-0.39, 0.29) is 11.7 Å². The Hall–Kier alpha value is -2.02. The topological polar surface area (TPSA) is 73.7 Å². The average Bonchev–Trinajstić information content (AvgIpc) is 2.55. The first-order chi connectivity index (χ1) is 11.0. The van der Waals surface area contributed by atoms with Crippen molar-refractivity contribution < 1.29 is 9.90 Å². The van der Waals surface area contributed by atoms with Crippen molar-refractivity contribution in [2.24, 2.45) is 5.10 Å². The van der Waals surface area contributed by atoms with Crippen LogP contribution >= 0.6 is 23.5 Å². The number of halogens is 1. The van der Waals surface area contributed by atoms with E-state index in [2.05, 4.69) is 15.2 Å². The maximum Gasteiger partial charge on any atom is 0.271 e. The number of hydrogen-bond donors (Lipinski definition) is 3. The summed E-state index contributed by atoms with van der Waals surface area (Å²) in [5.41, 5.74) is 3.90. The third kappa shape index (κ3) is 4.72. The first-order valence-corrected chi connectivity index (χ1v) is 7.98. The number of hydrogen-bond acceptors (Lipinski definition) is 5. The molecule has 0 atom stereocenters. The molecule has 0 fully saturated rings. The maximum atomic E-state index is 12.2. The van der Waals surface area contributed by atoms with Crippen LogP contribution < -0.4 is 10.1 Å². The van der Waals surface area contributed by atoms with Crippen LogP contribution in [0.1, 0.15) is 22.8 Å². The van der Waals surface area contributed by atoms with E-state index in [1.807, 2.05) is 13.1 Å². The smallest absolute Gasteiger partial charge is 0.271 e. The molecule has 0 aliphatic heterocycles. The van der Waals surface area contributed by atoms with Gasteiger partial charge in [0.1, 0.15) is 5.75 Å². The molecule has 2 rings (SSSR count). The minimum Gasteiger partial charge on any atom is -0.507 e. The molecule has 0 aromatic heterocycles. The fraction of sp³-hybridized carbons (Fsp3) is 0.125. The number of carbonyl (C=O) groups is 1. The molecular formula is C16H16ClN3O2S. The number of rotatable bonds is 5. The number of phenols is 1. The molecule has 23 heavy (non-hydrogen) atoms. The van der Waals surface area contributed by atoms with Gasteiger partial charge in [-0.25, -0.2) is 5.43 Å². The summed E-state index contributed by atoms with van der Waals surface area (Å²) in [6, 6.07) is 11.8. The number of carbonyl (C=O) groups excluding carboxylic acids is 1. The summed E-state index contributed by atoms with van der Waals surface area (Å²) in [4.78, 5) is 13.1. The molecule has 2 aromatic carbocycles. The van der Waals surface area contributed by atoms with Crippen LogP contribution in [0.5, 0.6) is 5.75 Å². The number of aromatic hydroxyl groups is 1. The molecule has 3 N–H and O–H groups in total. The van der Waals surface area contributed by atoms with Crippen molar-refractivity contribution in [1.29, 1.82) is 0 Å². The van der Waals surface area contributed by atoms with Crippen LogP contribution in [-0.4, -0.2) is 23.8 Å². The zero-order chi connectivity index (χ0) is 16.8. The van der Waals surface area contributed by atoms with Crippen LogP contribution in [0.2, 0.25) is 5.02 Å². The molecule has 0 saturated heterocycles. The van der Waals surface area contributed by atoms with E-state index in [9.17, 15) is 9.90 Å². The zero-order valence-electron chi connectivity index (χ0n) is 12.6. The van der Waals surface area contributed by atoms with Crippen molar-refractivity contribution in [3.05, 3.63) is 58.6 Å². The lowest BCUT2D eigenvalue weighted by molar-refractivity contribution is 0.0954. The second-order valence-electron chi connectivity index (χ2n) is 4.63. The Balaban J connectivity index is 2.14. The summed E-state index contributed by atoms with van der Waals surface area (Å²) in [6.45, 7) is 1.68. The lowest BCUT2D eigenvalue weighted by Gasteiger charge is -2.06. The van der Waals surface area contributed by atoms with Gasteiger partial charge < -0.3 is 5.11 Å². The Morgan fingerprint density at radius 1 is 1.26 bits per heavy atom. The Morgan fingerprint density at radius 3 is 2.78 bits per heavy atom. The van der Waals surface area contributed by atoms with Crippen molar-refractivity contribution >= 4 is 35.2 Å². The number of phenolic OH excluding ortho intramolecular Hbond substituents is 1. The number of amides is 1. The third-order valence-corrected chi connectivity index (χ3v) is 3.92. The van der Waals surface area contributed by atoms with Crippen LogP contribution in [0.3, 0.4) is 0 Å². The monoisotopic (exact) mass is 349 g/mol. The lowest BCUT2D eigenvalue weighted by Crippen LogP contribution is -2.19. The summed E-state index contributed by atoms with van der Waals surface area (Å²) in [6.07, 6.45) is 0. The SMILES string of the molecule is CNSc1cccc(C(=O)N/N=C(\C)c2cc(Cl)ccc2O)c1. The lowest BCUT2D eigenvalue weighted by atomic mass is 10.1. The predicted molar refractivity (Wildman–Crippen MR) is 94.2 cm³/mol. The fourth-order valence-electron chi connectivity index (χ4n) is 1.88. The van der Waals surface area contributed by atoms with Gasteiger partial charge >= 0.3 is 0 Å². The molecule has 0 saturated carbocycles. The Morgan fingerprint density at radius 2 is 2.04 bits per heavy atom. The molecule has 5 nitrogen and oxygen atoms in total. The summed E-state index contributed by atoms with van der Waals surface area (Å²) in [7, 11) is 1.81. The molecule has 7 heteroatoms. The molecule has 0 spiro atoms. The highest BCUT2D eigenvalue weighted by Crippen LogP contribution is 2.22. The standard InChI is InChI=1S/C16H16ClN3O2S/c1-10(14-9-12(17)6-7-15(14)21)19-20-16(22)11-4-3-5-13(8-11)23-18-2/h3-9,18,21H,1-2H3,(H,20,22)/b19-10+. The molecular weight excluding hydrogens is 334 g/mol. The van der Waals surface area contributed by atoms with Crippen molar-refractivity contribution in [2.45, 2.75) is 11.8 Å². The van der Waals surface area contributed by atoms with Gasteiger partial charge in [-0.15, -0.1) is 0 Å². The highest BCUT2D eigenvalue weighted by Gasteiger charge is 2.08. The maximum absolute atomic E-state index is 12.2. The Bertz CT molecular complexity index is 750. The van der Waals surface area contributed by atoms with Gasteiger partial charge in [-0.05, 0) is 62.3 Å². The highest BCUT2D eigenvalue weighted by molar-refractivity contribution is 7.97. The second kappa shape index (κ2) is 8.01. The van der Waals surface area contributed by atoms with E-state index in [4.69, 9.17) is 11.6 Å². The fourth-order valence-corrected chi connectivity index (χ4v) is 2.62. The molecule has 120 valence electrons. The van der Waals surface area contributed by atoms with E-state index in [1.165, 1.54) is 18.0 Å². The second-order valence-corrected chi connectivity index (χ2v) is 6.15. The van der Waals surface area contributed by atoms with Crippen molar-refractivity contribution in [3.8, 4) is 5.75 Å². The minimum absolute atomic E-state index is 0.0531. The van der Waals surface area contributed by atoms with Gasteiger partial charge in [0.2, 0.25) is 0 Å². The van der Waals surface area contributed by atoms with Crippen LogP contribution in [0.4, 0.5) is 0 Å². The van der Waals surface area contributed by atoms with Crippen LogP contribution in [0.25, 0.3) is 0 Å². The van der Waals surface area contributed by atoms with Crippen LogP contribution in [-0.2, 0) is 0 Å². The average molecular weight is 350 g/mol. The van der Waals surface area contributed by atoms with Crippen molar-refractivity contribution in [2.75, 3.05) is 7.05 Å². The first kappa shape index (κ1) is 17.3. The van der Waals surface area contributed by atoms with Gasteiger partial charge in [0.25, 0.3) is 5.91 Å². The Kier molecular flexibility index (Phi) is 6.04. The molecule has 0 heterocycles. The van der Waals surface area contributed by atoms with Gasteiger partial charge in [0, 0.05) is 21.0 Å².